The Labute approximate surface area is 144 Å². The van der Waals surface area contributed by atoms with Crippen molar-refractivity contribution in [3.63, 3.8) is 0 Å². The molecule has 9 heteroatoms. The smallest absolute Gasteiger partial charge is 0.342 e. The Kier molecular flexibility index (Phi) is 6.13. The molecular formula is C15H21N3O5S. The van der Waals surface area contributed by atoms with Crippen LogP contribution in [0.2, 0.25) is 0 Å². The van der Waals surface area contributed by atoms with Crippen molar-refractivity contribution in [2.75, 3.05) is 32.6 Å². The molecule has 0 aliphatic carbocycles. The van der Waals surface area contributed by atoms with Gasteiger partial charge in [-0.25, -0.2) is 9.59 Å². The monoisotopic (exact) mass is 355 g/mol. The van der Waals surface area contributed by atoms with E-state index in [-0.39, 0.29) is 23.5 Å². The first-order valence-corrected chi connectivity index (χ1v) is 8.41. The minimum Gasteiger partial charge on any atom is -0.469 e. The van der Waals surface area contributed by atoms with E-state index in [0.717, 1.165) is 24.4 Å². The van der Waals surface area contributed by atoms with Crippen LogP contribution in [-0.2, 0) is 14.3 Å². The molecule has 0 atom stereocenters. The van der Waals surface area contributed by atoms with Crippen LogP contribution in [0.25, 0.3) is 0 Å². The number of urea groups is 1. The third-order valence-corrected chi connectivity index (χ3v) is 4.91. The van der Waals surface area contributed by atoms with Crippen LogP contribution in [0.1, 0.15) is 35.3 Å². The van der Waals surface area contributed by atoms with Gasteiger partial charge in [-0.15, -0.1) is 0 Å². The Balaban J connectivity index is 1.93. The van der Waals surface area contributed by atoms with Gasteiger partial charge in [0.15, 0.2) is 0 Å². The number of nitrogens with one attached hydrogen (secondary N) is 1. The van der Waals surface area contributed by atoms with Crippen molar-refractivity contribution < 1.29 is 23.9 Å². The molecule has 0 unspecified atom stereocenters. The average Bonchev–Trinajstić information content (AvgIpc) is 2.95. The van der Waals surface area contributed by atoms with Gasteiger partial charge in [-0.05, 0) is 37.2 Å². The number of ether oxygens (including phenoxy) is 2. The Morgan fingerprint density at radius 3 is 2.50 bits per heavy atom. The summed E-state index contributed by atoms with van der Waals surface area (Å²) in [6.07, 6.45) is 1.87. The highest BCUT2D eigenvalue weighted by Gasteiger charge is 2.27. The first-order chi connectivity index (χ1) is 11.5. The number of rotatable bonds is 4. The van der Waals surface area contributed by atoms with Gasteiger partial charge in [0.2, 0.25) is 0 Å². The predicted octanol–water partition coefficient (Wildman–Crippen LogP) is 2.05. The van der Waals surface area contributed by atoms with E-state index in [0.29, 0.717) is 30.2 Å². The first-order valence-electron chi connectivity index (χ1n) is 7.63. The molecule has 0 radical (unpaired) electrons. The summed E-state index contributed by atoms with van der Waals surface area (Å²) in [4.78, 5) is 37.1. The van der Waals surface area contributed by atoms with Crippen molar-refractivity contribution in [2.24, 2.45) is 5.92 Å². The molecule has 1 N–H and O–H groups in total. The fourth-order valence-electron chi connectivity index (χ4n) is 2.63. The number of anilines is 1. The van der Waals surface area contributed by atoms with Crippen molar-refractivity contribution >= 4 is 34.5 Å². The number of likely N-dealkylation sites (tertiary alicyclic amines) is 1. The van der Waals surface area contributed by atoms with Crippen LogP contribution in [0.4, 0.5) is 9.80 Å². The molecule has 8 nitrogen and oxygen atoms in total. The SMILES string of the molecule is COC(=O)CC1CCN(C(=O)Nc2snc(C)c2C(=O)OC)CC1. The minimum atomic E-state index is -0.520. The van der Waals surface area contributed by atoms with Gasteiger partial charge in [0.1, 0.15) is 10.6 Å². The van der Waals surface area contributed by atoms with Gasteiger partial charge in [-0.2, -0.15) is 4.37 Å². The highest BCUT2D eigenvalue weighted by Crippen LogP contribution is 2.27. The number of aromatic nitrogens is 1. The third-order valence-electron chi connectivity index (χ3n) is 4.06. The fourth-order valence-corrected chi connectivity index (χ4v) is 3.41. The minimum absolute atomic E-state index is 0.222. The lowest BCUT2D eigenvalue weighted by Crippen LogP contribution is -2.41. The molecule has 1 aromatic rings. The van der Waals surface area contributed by atoms with Gasteiger partial charge in [-0.3, -0.25) is 10.1 Å². The van der Waals surface area contributed by atoms with E-state index in [2.05, 4.69) is 14.4 Å². The Hall–Kier alpha value is -2.16. The number of amides is 2. The summed E-state index contributed by atoms with van der Waals surface area (Å²) < 4.78 is 13.5. The summed E-state index contributed by atoms with van der Waals surface area (Å²) >= 11 is 1.05. The number of carbonyl (C=O) groups excluding carboxylic acids is 3. The summed E-state index contributed by atoms with van der Waals surface area (Å²) in [7, 11) is 2.66. The molecule has 24 heavy (non-hydrogen) atoms. The van der Waals surface area contributed by atoms with Crippen LogP contribution in [0.5, 0.6) is 0 Å². The Bertz CT molecular complexity index is 623. The van der Waals surface area contributed by atoms with Crippen LogP contribution in [0.15, 0.2) is 0 Å². The van der Waals surface area contributed by atoms with Crippen LogP contribution in [-0.4, -0.2) is 54.6 Å². The Morgan fingerprint density at radius 2 is 1.92 bits per heavy atom. The second-order valence-corrected chi connectivity index (χ2v) is 6.38. The molecule has 0 aromatic carbocycles. The topological polar surface area (TPSA) is 97.8 Å². The lowest BCUT2D eigenvalue weighted by molar-refractivity contribution is -0.142. The summed E-state index contributed by atoms with van der Waals surface area (Å²) in [5, 5.41) is 3.12. The molecule has 1 aliphatic rings. The molecule has 2 amide bonds. The number of carbonyl (C=O) groups is 3. The maximum absolute atomic E-state index is 12.4. The van der Waals surface area contributed by atoms with Crippen molar-refractivity contribution in [1.29, 1.82) is 0 Å². The zero-order chi connectivity index (χ0) is 17.7. The second kappa shape index (κ2) is 8.09. The van der Waals surface area contributed by atoms with E-state index >= 15 is 0 Å². The number of hydrogen-bond acceptors (Lipinski definition) is 7. The van der Waals surface area contributed by atoms with E-state index in [1.807, 2.05) is 0 Å². The van der Waals surface area contributed by atoms with Crippen molar-refractivity contribution in [3.05, 3.63) is 11.3 Å². The molecule has 2 rings (SSSR count). The van der Waals surface area contributed by atoms with Crippen LogP contribution in [0, 0.1) is 12.8 Å². The maximum atomic E-state index is 12.4. The van der Waals surface area contributed by atoms with Gasteiger partial charge in [-0.1, -0.05) is 0 Å². The highest BCUT2D eigenvalue weighted by atomic mass is 32.1. The number of nitrogens with zero attached hydrogens (tertiary/aromatic N) is 2. The predicted molar refractivity (Wildman–Crippen MR) is 88.1 cm³/mol. The van der Waals surface area contributed by atoms with Gasteiger partial charge >= 0.3 is 18.0 Å². The number of hydrogen-bond donors (Lipinski definition) is 1. The number of esters is 2. The molecule has 1 fully saturated rings. The normalized spacial score (nSPS) is 15.0. The van der Waals surface area contributed by atoms with E-state index in [9.17, 15) is 14.4 Å². The summed E-state index contributed by atoms with van der Waals surface area (Å²) in [6.45, 7) is 2.80. The molecule has 2 heterocycles. The lowest BCUT2D eigenvalue weighted by Gasteiger charge is -2.31. The van der Waals surface area contributed by atoms with Gasteiger partial charge in [0.25, 0.3) is 0 Å². The van der Waals surface area contributed by atoms with E-state index in [1.54, 1.807) is 11.8 Å². The fraction of sp³-hybridized carbons (Fsp3) is 0.600. The summed E-state index contributed by atoms with van der Waals surface area (Å²) in [5.74, 6) is -0.508. The quantitative estimate of drug-likeness (QED) is 0.830. The number of piperidine rings is 1. The molecule has 0 bridgehead atoms. The van der Waals surface area contributed by atoms with Crippen molar-refractivity contribution in [1.82, 2.24) is 9.27 Å². The molecule has 1 aromatic heterocycles. The van der Waals surface area contributed by atoms with Crippen molar-refractivity contribution in [2.45, 2.75) is 26.2 Å². The average molecular weight is 355 g/mol. The molecule has 1 saturated heterocycles. The Morgan fingerprint density at radius 1 is 1.25 bits per heavy atom. The molecular weight excluding hydrogens is 334 g/mol. The first kappa shape index (κ1) is 18.2. The molecule has 0 spiro atoms. The third kappa shape index (κ3) is 4.22. The lowest BCUT2D eigenvalue weighted by atomic mass is 9.94. The van der Waals surface area contributed by atoms with Gasteiger partial charge in [0, 0.05) is 19.5 Å². The standard InChI is InChI=1S/C15H21N3O5S/c1-9-12(14(20)23-3)13(24-17-9)16-15(21)18-6-4-10(5-7-18)8-11(19)22-2/h10H,4-8H2,1-3H3,(H,16,21). The summed E-state index contributed by atoms with van der Waals surface area (Å²) in [6, 6.07) is -0.277. The number of methoxy groups -OCH3 is 2. The number of aryl methyl sites for hydroxylation is 1. The van der Waals surface area contributed by atoms with Crippen LogP contribution in [0.3, 0.4) is 0 Å². The van der Waals surface area contributed by atoms with E-state index in [4.69, 9.17) is 4.74 Å². The zero-order valence-corrected chi connectivity index (χ0v) is 14.8. The largest absolute Gasteiger partial charge is 0.469 e. The molecule has 132 valence electrons. The maximum Gasteiger partial charge on any atom is 0.342 e. The van der Waals surface area contributed by atoms with Gasteiger partial charge < -0.3 is 14.4 Å². The zero-order valence-electron chi connectivity index (χ0n) is 14.0. The highest BCUT2D eigenvalue weighted by molar-refractivity contribution is 7.11. The van der Waals surface area contributed by atoms with Crippen LogP contribution >= 0.6 is 11.5 Å². The van der Waals surface area contributed by atoms with E-state index < -0.39 is 5.97 Å². The van der Waals surface area contributed by atoms with E-state index in [1.165, 1.54) is 14.2 Å². The van der Waals surface area contributed by atoms with Crippen LogP contribution < -0.4 is 5.32 Å². The van der Waals surface area contributed by atoms with Crippen molar-refractivity contribution in [3.8, 4) is 0 Å². The second-order valence-electron chi connectivity index (χ2n) is 5.60. The summed E-state index contributed by atoms with van der Waals surface area (Å²) in [5.41, 5.74) is 0.815. The van der Waals surface area contributed by atoms with Gasteiger partial charge in [0.05, 0.1) is 19.9 Å². The molecule has 1 aliphatic heterocycles. The molecule has 0 saturated carbocycles.